The lowest BCUT2D eigenvalue weighted by Crippen LogP contribution is -2.39. The molecule has 1 atom stereocenters. The summed E-state index contributed by atoms with van der Waals surface area (Å²) in [6, 6.07) is 7.97. The summed E-state index contributed by atoms with van der Waals surface area (Å²) >= 11 is 5.96. The summed E-state index contributed by atoms with van der Waals surface area (Å²) in [7, 11) is -0.916. The SMILES string of the molecule is CS(=O)CCC(=O)NCC1(c2ccc(Cl)cc2)CCCC1. The van der Waals surface area contributed by atoms with Crippen molar-refractivity contribution in [1.29, 1.82) is 0 Å². The van der Waals surface area contributed by atoms with E-state index in [0.717, 1.165) is 17.9 Å². The van der Waals surface area contributed by atoms with Gasteiger partial charge in [-0.3, -0.25) is 9.00 Å². The van der Waals surface area contributed by atoms with Crippen molar-refractivity contribution in [1.82, 2.24) is 5.32 Å². The Morgan fingerprint density at radius 2 is 1.90 bits per heavy atom. The van der Waals surface area contributed by atoms with Crippen LogP contribution in [-0.4, -0.2) is 28.7 Å². The molecule has 1 aromatic carbocycles. The molecule has 0 spiro atoms. The highest BCUT2D eigenvalue weighted by atomic mass is 35.5. The Morgan fingerprint density at radius 3 is 2.48 bits per heavy atom. The average molecular weight is 328 g/mol. The van der Waals surface area contributed by atoms with E-state index < -0.39 is 10.8 Å². The minimum Gasteiger partial charge on any atom is -0.355 e. The first-order chi connectivity index (χ1) is 10.0. The lowest BCUT2D eigenvalue weighted by Gasteiger charge is -2.30. The van der Waals surface area contributed by atoms with Gasteiger partial charge in [0.15, 0.2) is 0 Å². The Bertz CT molecular complexity index is 510. The highest BCUT2D eigenvalue weighted by Gasteiger charge is 2.35. The number of amides is 1. The van der Waals surface area contributed by atoms with Crippen LogP contribution in [0.5, 0.6) is 0 Å². The summed E-state index contributed by atoms with van der Waals surface area (Å²) in [5.74, 6) is 0.421. The van der Waals surface area contributed by atoms with Crippen LogP contribution in [0.2, 0.25) is 5.02 Å². The quantitative estimate of drug-likeness (QED) is 0.873. The third-order valence-electron chi connectivity index (χ3n) is 4.26. The van der Waals surface area contributed by atoms with Crippen molar-refractivity contribution in [3.8, 4) is 0 Å². The molecule has 0 heterocycles. The normalized spacial score (nSPS) is 18.4. The summed E-state index contributed by atoms with van der Waals surface area (Å²) in [6.45, 7) is 0.657. The molecule has 0 radical (unpaired) electrons. The Kier molecular flexibility index (Phi) is 5.82. The Balaban J connectivity index is 2.00. The van der Waals surface area contributed by atoms with E-state index in [1.54, 1.807) is 6.26 Å². The van der Waals surface area contributed by atoms with Gasteiger partial charge >= 0.3 is 0 Å². The van der Waals surface area contributed by atoms with Crippen molar-refractivity contribution < 1.29 is 9.00 Å². The fourth-order valence-electron chi connectivity index (χ4n) is 3.02. The van der Waals surface area contributed by atoms with E-state index >= 15 is 0 Å². The van der Waals surface area contributed by atoms with Crippen molar-refractivity contribution in [2.24, 2.45) is 0 Å². The molecular weight excluding hydrogens is 306 g/mol. The molecule has 21 heavy (non-hydrogen) atoms. The molecule has 1 fully saturated rings. The fraction of sp³-hybridized carbons (Fsp3) is 0.562. The minimum atomic E-state index is -0.916. The van der Waals surface area contributed by atoms with Crippen LogP contribution < -0.4 is 5.32 Å². The van der Waals surface area contributed by atoms with Gasteiger partial charge in [-0.2, -0.15) is 0 Å². The van der Waals surface area contributed by atoms with Gasteiger partial charge < -0.3 is 5.32 Å². The molecule has 5 heteroatoms. The lowest BCUT2D eigenvalue weighted by atomic mass is 9.79. The van der Waals surface area contributed by atoms with Gasteiger partial charge in [-0.1, -0.05) is 36.6 Å². The Labute approximate surface area is 133 Å². The molecule has 0 aliphatic heterocycles. The molecule has 1 saturated carbocycles. The van der Waals surface area contributed by atoms with Crippen LogP contribution in [0, 0.1) is 0 Å². The average Bonchev–Trinajstić information content (AvgIpc) is 2.93. The zero-order valence-electron chi connectivity index (χ0n) is 12.4. The smallest absolute Gasteiger partial charge is 0.220 e. The van der Waals surface area contributed by atoms with Crippen molar-refractivity contribution in [2.75, 3.05) is 18.6 Å². The van der Waals surface area contributed by atoms with Crippen LogP contribution >= 0.6 is 11.6 Å². The first-order valence-corrected chi connectivity index (χ1v) is 9.45. The summed E-state index contributed by atoms with van der Waals surface area (Å²) in [6.07, 6.45) is 6.53. The number of rotatable bonds is 6. The molecule has 1 N–H and O–H groups in total. The molecule has 116 valence electrons. The maximum atomic E-state index is 11.9. The van der Waals surface area contributed by atoms with E-state index in [1.165, 1.54) is 18.4 Å². The highest BCUT2D eigenvalue weighted by Crippen LogP contribution is 2.40. The minimum absolute atomic E-state index is 0.00885. The van der Waals surface area contributed by atoms with Crippen molar-refractivity contribution in [3.63, 3.8) is 0 Å². The Hall–Kier alpha value is -0.870. The predicted molar refractivity (Wildman–Crippen MR) is 88.2 cm³/mol. The van der Waals surface area contributed by atoms with Crippen LogP contribution in [0.1, 0.15) is 37.7 Å². The summed E-state index contributed by atoms with van der Waals surface area (Å²) in [4.78, 5) is 11.9. The molecule has 0 bridgehead atoms. The van der Waals surface area contributed by atoms with Gasteiger partial charge in [-0.15, -0.1) is 0 Å². The van der Waals surface area contributed by atoms with Crippen LogP contribution in [0.3, 0.4) is 0 Å². The van der Waals surface area contributed by atoms with Crippen LogP contribution in [0.15, 0.2) is 24.3 Å². The van der Waals surface area contributed by atoms with E-state index in [2.05, 4.69) is 17.4 Å². The van der Waals surface area contributed by atoms with E-state index in [0.29, 0.717) is 18.7 Å². The largest absolute Gasteiger partial charge is 0.355 e. The van der Waals surface area contributed by atoms with Crippen LogP contribution in [0.4, 0.5) is 0 Å². The summed E-state index contributed by atoms with van der Waals surface area (Å²) in [5.41, 5.74) is 1.29. The van der Waals surface area contributed by atoms with E-state index in [-0.39, 0.29) is 11.3 Å². The summed E-state index contributed by atoms with van der Waals surface area (Å²) < 4.78 is 11.0. The standard InChI is InChI=1S/C16H22ClNO2S/c1-21(20)11-8-15(19)18-12-16(9-2-3-10-16)13-4-6-14(17)7-5-13/h4-7H,2-3,8-12H2,1H3,(H,18,19). The highest BCUT2D eigenvalue weighted by molar-refractivity contribution is 7.84. The third-order valence-corrected chi connectivity index (χ3v) is 5.29. The fourth-order valence-corrected chi connectivity index (χ4v) is 3.61. The van der Waals surface area contributed by atoms with E-state index in [9.17, 15) is 9.00 Å². The van der Waals surface area contributed by atoms with Crippen LogP contribution in [-0.2, 0) is 21.0 Å². The predicted octanol–water partition coefficient (Wildman–Crippen LogP) is 3.04. The van der Waals surface area contributed by atoms with Gasteiger partial charge in [0.2, 0.25) is 5.91 Å². The summed E-state index contributed by atoms with van der Waals surface area (Å²) in [5, 5.41) is 3.76. The number of halogens is 1. The maximum Gasteiger partial charge on any atom is 0.220 e. The molecular formula is C16H22ClNO2S. The number of nitrogens with one attached hydrogen (secondary N) is 1. The zero-order valence-corrected chi connectivity index (χ0v) is 13.9. The topological polar surface area (TPSA) is 46.2 Å². The first kappa shape index (κ1) is 16.5. The van der Waals surface area contributed by atoms with Crippen molar-refractivity contribution in [2.45, 2.75) is 37.5 Å². The molecule has 1 aromatic rings. The monoisotopic (exact) mass is 327 g/mol. The second kappa shape index (κ2) is 7.41. The number of benzene rings is 1. The van der Waals surface area contributed by atoms with Gasteiger partial charge in [-0.25, -0.2) is 0 Å². The van der Waals surface area contributed by atoms with Crippen LogP contribution in [0.25, 0.3) is 0 Å². The zero-order chi connectivity index (χ0) is 15.3. The Morgan fingerprint density at radius 1 is 1.29 bits per heavy atom. The first-order valence-electron chi connectivity index (χ1n) is 7.35. The van der Waals surface area contributed by atoms with Gasteiger partial charge in [-0.05, 0) is 30.5 Å². The van der Waals surface area contributed by atoms with Crippen molar-refractivity contribution in [3.05, 3.63) is 34.9 Å². The van der Waals surface area contributed by atoms with E-state index in [4.69, 9.17) is 11.6 Å². The molecule has 1 aliphatic carbocycles. The molecule has 3 nitrogen and oxygen atoms in total. The second-order valence-electron chi connectivity index (χ2n) is 5.80. The number of hydrogen-bond donors (Lipinski definition) is 1. The third kappa shape index (κ3) is 4.55. The number of carbonyl (C=O) groups is 1. The van der Waals surface area contributed by atoms with Gasteiger partial charge in [0.05, 0.1) is 0 Å². The van der Waals surface area contributed by atoms with E-state index in [1.807, 2.05) is 12.1 Å². The number of carbonyl (C=O) groups excluding carboxylic acids is 1. The second-order valence-corrected chi connectivity index (χ2v) is 7.79. The molecule has 0 aromatic heterocycles. The number of hydrogen-bond acceptors (Lipinski definition) is 2. The molecule has 1 amide bonds. The lowest BCUT2D eigenvalue weighted by molar-refractivity contribution is -0.120. The molecule has 1 aliphatic rings. The molecule has 2 rings (SSSR count). The molecule has 1 unspecified atom stereocenters. The van der Waals surface area contributed by atoms with Gasteiger partial charge in [0.1, 0.15) is 0 Å². The van der Waals surface area contributed by atoms with Gasteiger partial charge in [0.25, 0.3) is 0 Å². The maximum absolute atomic E-state index is 11.9. The van der Waals surface area contributed by atoms with Gasteiger partial charge in [0, 0.05) is 46.2 Å². The van der Waals surface area contributed by atoms with Crippen molar-refractivity contribution >= 4 is 28.3 Å². The molecule has 0 saturated heterocycles.